The number of aromatic hydroxyl groups is 2. The van der Waals surface area contributed by atoms with Crippen molar-refractivity contribution in [1.29, 1.82) is 0 Å². The minimum atomic E-state index is -1.50. The maximum absolute atomic E-state index is 12.4. The monoisotopic (exact) mass is 390 g/mol. The molecule has 0 spiro atoms. The molecule has 0 atom stereocenters. The lowest BCUT2D eigenvalue weighted by atomic mass is 10.0. The van der Waals surface area contributed by atoms with Gasteiger partial charge in [-0.2, -0.15) is 0 Å². The van der Waals surface area contributed by atoms with Crippen LogP contribution in [-0.4, -0.2) is 31.2 Å². The first-order valence-electron chi connectivity index (χ1n) is 7.23. The Morgan fingerprint density at radius 3 is 2.14 bits per heavy atom. The van der Waals surface area contributed by atoms with Crippen LogP contribution < -0.4 is 5.63 Å². The van der Waals surface area contributed by atoms with Gasteiger partial charge >= 0.3 is 11.3 Å². The summed E-state index contributed by atoms with van der Waals surface area (Å²) in [5.74, 6) is -2.45. The zero-order chi connectivity index (χ0) is 21.0. The van der Waals surface area contributed by atoms with E-state index in [1.807, 2.05) is 0 Å². The maximum Gasteiger partial charge on any atom is 0.347 e. The summed E-state index contributed by atoms with van der Waals surface area (Å²) in [5.41, 5.74) is -2.38. The fourth-order valence-corrected chi connectivity index (χ4v) is 2.31. The van der Waals surface area contributed by atoms with Gasteiger partial charge in [0.2, 0.25) is 5.75 Å². The summed E-state index contributed by atoms with van der Waals surface area (Å²) in [7, 11) is 0. The largest absolute Gasteiger partial charge is 0.504 e. The molecule has 144 valence electrons. The number of carbonyl (C=O) groups excluding carboxylic acids is 1. The number of nitro benzene ring substituents is 1. The van der Waals surface area contributed by atoms with Crippen LogP contribution in [0.1, 0.15) is 15.9 Å². The molecule has 1 heterocycles. The van der Waals surface area contributed by atoms with Gasteiger partial charge in [-0.15, -0.1) is 10.1 Å². The fraction of sp³-hybridized carbons (Fsp3) is 0. The number of hydrogen-bond acceptors (Lipinski definition) is 9. The average Bonchev–Trinajstić information content (AvgIpc) is 2.62. The lowest BCUT2D eigenvalue weighted by molar-refractivity contribution is -0.742. The van der Waals surface area contributed by atoms with Crippen LogP contribution in [0, 0.1) is 20.2 Å². The van der Waals surface area contributed by atoms with Crippen LogP contribution in [0.5, 0.6) is 11.5 Å². The van der Waals surface area contributed by atoms with Crippen molar-refractivity contribution in [3.8, 4) is 11.5 Å². The predicted molar refractivity (Wildman–Crippen MR) is 91.1 cm³/mol. The number of nitro groups is 1. The zero-order valence-electron chi connectivity index (χ0n) is 13.6. The van der Waals surface area contributed by atoms with Crippen molar-refractivity contribution in [1.82, 2.24) is 0 Å². The van der Waals surface area contributed by atoms with Crippen molar-refractivity contribution in [3.63, 3.8) is 0 Å². The number of ketones is 1. The van der Waals surface area contributed by atoms with Gasteiger partial charge in [-0.3, -0.25) is 14.9 Å². The van der Waals surface area contributed by atoms with Crippen LogP contribution in [0.2, 0.25) is 0 Å². The Bertz CT molecular complexity index is 1130. The van der Waals surface area contributed by atoms with Gasteiger partial charge in [0.25, 0.3) is 5.09 Å². The molecule has 1 aromatic heterocycles. The first-order chi connectivity index (χ1) is 13.1. The fourth-order valence-electron chi connectivity index (χ4n) is 2.31. The van der Waals surface area contributed by atoms with E-state index in [1.165, 1.54) is 12.1 Å². The quantitative estimate of drug-likeness (QED) is 0.196. The molecule has 12 nitrogen and oxygen atoms in total. The average molecular weight is 390 g/mol. The summed E-state index contributed by atoms with van der Waals surface area (Å²) in [6.45, 7) is 0. The van der Waals surface area contributed by atoms with Crippen molar-refractivity contribution in [3.05, 3.63) is 84.2 Å². The maximum atomic E-state index is 12.4. The molecule has 0 bridgehead atoms. The van der Waals surface area contributed by atoms with Gasteiger partial charge in [-0.05, 0) is 6.07 Å². The molecular formula is C16H10N2O10. The molecular weight excluding hydrogens is 380 g/mol. The third-order valence-corrected chi connectivity index (χ3v) is 3.43. The summed E-state index contributed by atoms with van der Waals surface area (Å²) >= 11 is 0. The van der Waals surface area contributed by atoms with Crippen molar-refractivity contribution in [2.45, 2.75) is 0 Å². The first-order valence-corrected chi connectivity index (χ1v) is 7.23. The molecule has 3 aromatic rings. The number of phenolic OH excluding ortho intramolecular Hbond substituents is 2. The Hall–Kier alpha value is -4.48. The van der Waals surface area contributed by atoms with Gasteiger partial charge in [0.05, 0.1) is 4.92 Å². The summed E-state index contributed by atoms with van der Waals surface area (Å²) in [5, 5.41) is 43.7. The molecule has 28 heavy (non-hydrogen) atoms. The number of fused-ring (bicyclic) bond motifs is 1. The smallest absolute Gasteiger partial charge is 0.347 e. The minimum absolute atomic E-state index is 0.204. The van der Waals surface area contributed by atoms with E-state index in [0.717, 1.165) is 12.1 Å². The van der Waals surface area contributed by atoms with E-state index in [2.05, 4.69) is 0 Å². The van der Waals surface area contributed by atoms with E-state index < -0.39 is 44.2 Å². The van der Waals surface area contributed by atoms with Gasteiger partial charge < -0.3 is 19.8 Å². The van der Waals surface area contributed by atoms with Crippen molar-refractivity contribution < 1.29 is 34.6 Å². The molecule has 0 aliphatic rings. The highest BCUT2D eigenvalue weighted by Gasteiger charge is 2.26. The number of benzene rings is 2. The third-order valence-electron chi connectivity index (χ3n) is 3.43. The molecule has 0 aliphatic carbocycles. The zero-order valence-corrected chi connectivity index (χ0v) is 13.6. The Morgan fingerprint density at radius 1 is 1.04 bits per heavy atom. The molecule has 0 fully saturated rings. The van der Waals surface area contributed by atoms with Gasteiger partial charge in [-0.1, -0.05) is 30.3 Å². The Balaban J connectivity index is 0.000000640. The molecule has 0 amide bonds. The summed E-state index contributed by atoms with van der Waals surface area (Å²) in [4.78, 5) is 43.0. The molecule has 3 N–H and O–H groups in total. The SMILES string of the molecule is O=C(c1ccccc1)c1cc2c([N+](=O)[O-])c(O)c(O)cc2oc1=O.O=[N+]([O-])O. The van der Waals surface area contributed by atoms with Crippen LogP contribution in [0.3, 0.4) is 0 Å². The summed E-state index contributed by atoms with van der Waals surface area (Å²) in [6, 6.07) is 9.70. The van der Waals surface area contributed by atoms with E-state index in [1.54, 1.807) is 18.2 Å². The Morgan fingerprint density at radius 2 is 1.61 bits per heavy atom. The highest BCUT2D eigenvalue weighted by atomic mass is 16.9. The van der Waals surface area contributed by atoms with Crippen LogP contribution in [-0.2, 0) is 0 Å². The molecule has 0 saturated carbocycles. The second kappa shape index (κ2) is 7.82. The third kappa shape index (κ3) is 4.01. The van der Waals surface area contributed by atoms with Crippen LogP contribution in [0.25, 0.3) is 11.0 Å². The number of nitrogens with zero attached hydrogens (tertiary/aromatic N) is 2. The standard InChI is InChI=1S/C16H9NO7.HNO3/c18-11-7-12-9(13(15(11)20)17(22)23)6-10(16(21)24-12)14(19)8-4-2-1-3-5-8;2-1(3)4/h1-7,18,20H;(H,2,3,4). The van der Waals surface area contributed by atoms with Crippen LogP contribution in [0.15, 0.2) is 51.7 Å². The van der Waals surface area contributed by atoms with E-state index in [0.29, 0.717) is 0 Å². The van der Waals surface area contributed by atoms with Crippen LogP contribution in [0.4, 0.5) is 5.69 Å². The van der Waals surface area contributed by atoms with Crippen molar-refractivity contribution in [2.24, 2.45) is 0 Å². The van der Waals surface area contributed by atoms with Gasteiger partial charge in [-0.25, -0.2) is 4.79 Å². The second-order valence-electron chi connectivity index (χ2n) is 5.14. The lowest BCUT2D eigenvalue weighted by Gasteiger charge is -2.05. The molecule has 2 aromatic carbocycles. The van der Waals surface area contributed by atoms with E-state index in [4.69, 9.17) is 19.7 Å². The second-order valence-corrected chi connectivity index (χ2v) is 5.14. The summed E-state index contributed by atoms with van der Waals surface area (Å²) < 4.78 is 4.91. The predicted octanol–water partition coefficient (Wildman–Crippen LogP) is 2.00. The van der Waals surface area contributed by atoms with Crippen molar-refractivity contribution >= 4 is 22.4 Å². The van der Waals surface area contributed by atoms with Crippen molar-refractivity contribution in [2.75, 3.05) is 0 Å². The number of rotatable bonds is 3. The van der Waals surface area contributed by atoms with E-state index in [9.17, 15) is 29.9 Å². The van der Waals surface area contributed by atoms with E-state index >= 15 is 0 Å². The normalized spacial score (nSPS) is 10.0. The summed E-state index contributed by atoms with van der Waals surface area (Å²) in [6.07, 6.45) is 0. The van der Waals surface area contributed by atoms with Gasteiger partial charge in [0.1, 0.15) is 16.5 Å². The number of phenols is 2. The molecule has 0 radical (unpaired) electrons. The highest BCUT2D eigenvalue weighted by molar-refractivity contribution is 6.10. The lowest BCUT2D eigenvalue weighted by Crippen LogP contribution is -2.15. The highest BCUT2D eigenvalue weighted by Crippen LogP contribution is 2.41. The Kier molecular flexibility index (Phi) is 5.54. The van der Waals surface area contributed by atoms with Gasteiger partial charge in [0.15, 0.2) is 11.5 Å². The molecule has 0 saturated heterocycles. The minimum Gasteiger partial charge on any atom is -0.504 e. The van der Waals surface area contributed by atoms with Crippen LogP contribution >= 0.6 is 0 Å². The molecule has 0 aliphatic heterocycles. The number of carbonyl (C=O) groups is 1. The Labute approximate surface area is 153 Å². The number of hydrogen-bond donors (Lipinski definition) is 3. The molecule has 3 rings (SSSR count). The van der Waals surface area contributed by atoms with Gasteiger partial charge in [0, 0.05) is 11.6 Å². The first kappa shape index (κ1) is 19.8. The molecule has 12 heteroatoms. The molecule has 0 unspecified atom stereocenters. The van der Waals surface area contributed by atoms with E-state index in [-0.39, 0.29) is 16.5 Å². The topological polar surface area (TPSA) is 194 Å².